The van der Waals surface area contributed by atoms with Crippen LogP contribution in [0.3, 0.4) is 0 Å². The van der Waals surface area contributed by atoms with Crippen molar-refractivity contribution in [3.05, 3.63) is 78.4 Å². The Morgan fingerprint density at radius 2 is 1.71 bits per heavy atom. The Bertz CT molecular complexity index is 1250. The Morgan fingerprint density at radius 1 is 0.935 bits per heavy atom. The van der Waals surface area contributed by atoms with Crippen LogP contribution in [0.2, 0.25) is 0 Å². The fraction of sp³-hybridized carbons (Fsp3) is 0.167. The van der Waals surface area contributed by atoms with Crippen LogP contribution < -0.4 is 5.32 Å². The molecule has 0 saturated carbocycles. The van der Waals surface area contributed by atoms with E-state index in [-0.39, 0.29) is 11.8 Å². The lowest BCUT2D eigenvalue weighted by Gasteiger charge is -2.24. The van der Waals surface area contributed by atoms with E-state index >= 15 is 0 Å². The first-order valence-electron chi connectivity index (χ1n) is 10.2. The van der Waals surface area contributed by atoms with Gasteiger partial charge in [-0.3, -0.25) is 14.9 Å². The third kappa shape index (κ3) is 3.80. The lowest BCUT2D eigenvalue weighted by atomic mass is 10.0. The van der Waals surface area contributed by atoms with Gasteiger partial charge in [-0.05, 0) is 29.7 Å². The van der Waals surface area contributed by atoms with E-state index in [1.54, 1.807) is 4.90 Å². The van der Waals surface area contributed by atoms with E-state index in [9.17, 15) is 9.59 Å². The van der Waals surface area contributed by atoms with Gasteiger partial charge in [-0.25, -0.2) is 0 Å². The van der Waals surface area contributed by atoms with E-state index < -0.39 is 6.04 Å². The minimum absolute atomic E-state index is 0.114. The minimum atomic E-state index is -0.518. The van der Waals surface area contributed by atoms with Crippen molar-refractivity contribution in [3.63, 3.8) is 0 Å². The number of amides is 2. The maximum Gasteiger partial charge on any atom is 0.255 e. The van der Waals surface area contributed by atoms with Gasteiger partial charge >= 0.3 is 0 Å². The van der Waals surface area contributed by atoms with Gasteiger partial charge in [0.15, 0.2) is 0 Å². The summed E-state index contributed by atoms with van der Waals surface area (Å²) in [6.45, 7) is 0.561. The summed E-state index contributed by atoms with van der Waals surface area (Å²) in [5, 5.41) is 14.2. The maximum absolute atomic E-state index is 13.3. The van der Waals surface area contributed by atoms with Crippen molar-refractivity contribution in [2.75, 3.05) is 11.9 Å². The minimum Gasteiger partial charge on any atom is -0.327 e. The highest BCUT2D eigenvalue weighted by molar-refractivity contribution is 7.18. The average molecular weight is 429 g/mol. The molecule has 7 heteroatoms. The number of fused-ring (bicyclic) bond motifs is 1. The van der Waals surface area contributed by atoms with Crippen LogP contribution in [-0.4, -0.2) is 39.5 Å². The zero-order valence-electron chi connectivity index (χ0n) is 16.7. The number of anilines is 1. The smallest absolute Gasteiger partial charge is 0.255 e. The molecule has 1 aliphatic heterocycles. The number of nitrogens with zero attached hydrogens (tertiary/aromatic N) is 3. The third-order valence-corrected chi connectivity index (χ3v) is 6.40. The molecule has 154 valence electrons. The van der Waals surface area contributed by atoms with Gasteiger partial charge in [0.2, 0.25) is 11.0 Å². The summed E-state index contributed by atoms with van der Waals surface area (Å²) in [5.41, 5.74) is 1.58. The molecule has 1 fully saturated rings. The van der Waals surface area contributed by atoms with Crippen molar-refractivity contribution < 1.29 is 9.59 Å². The molecule has 1 atom stereocenters. The van der Waals surface area contributed by atoms with Crippen LogP contribution in [0, 0.1) is 0 Å². The Kier molecular flexibility index (Phi) is 5.18. The summed E-state index contributed by atoms with van der Waals surface area (Å²) in [6.07, 6.45) is 1.42. The predicted molar refractivity (Wildman–Crippen MR) is 122 cm³/mol. The number of nitrogens with one attached hydrogen (secondary N) is 1. The van der Waals surface area contributed by atoms with Crippen molar-refractivity contribution in [1.29, 1.82) is 0 Å². The summed E-state index contributed by atoms with van der Waals surface area (Å²) in [7, 11) is 0. The molecule has 1 N–H and O–H groups in total. The molecule has 5 rings (SSSR count). The van der Waals surface area contributed by atoms with Gasteiger partial charge in [0.25, 0.3) is 5.91 Å². The van der Waals surface area contributed by atoms with E-state index in [0.29, 0.717) is 23.7 Å². The lowest BCUT2D eigenvalue weighted by molar-refractivity contribution is -0.119. The maximum atomic E-state index is 13.3. The van der Waals surface area contributed by atoms with E-state index in [4.69, 9.17) is 0 Å². The van der Waals surface area contributed by atoms with Crippen LogP contribution in [0.5, 0.6) is 0 Å². The second-order valence-corrected chi connectivity index (χ2v) is 8.43. The Labute approximate surface area is 183 Å². The standard InChI is InChI=1S/C24H20N4O2S/c29-21(25-24-27-26-22(31-24)17-9-2-1-3-10-17)20-14-7-15-28(20)23(30)19-13-6-11-16-8-4-5-12-18(16)19/h1-6,8-13,20H,7,14-15H2,(H,25,27,29). The molecule has 0 radical (unpaired) electrons. The molecule has 6 nitrogen and oxygen atoms in total. The van der Waals surface area contributed by atoms with E-state index in [2.05, 4.69) is 15.5 Å². The highest BCUT2D eigenvalue weighted by Gasteiger charge is 2.35. The first kappa shape index (κ1) is 19.4. The van der Waals surface area contributed by atoms with Crippen LogP contribution in [0.1, 0.15) is 23.2 Å². The number of hydrogen-bond donors (Lipinski definition) is 1. The van der Waals surface area contributed by atoms with Crippen molar-refractivity contribution >= 4 is 39.1 Å². The average Bonchev–Trinajstić information content (AvgIpc) is 3.49. The highest BCUT2D eigenvalue weighted by atomic mass is 32.1. The Morgan fingerprint density at radius 3 is 2.58 bits per heavy atom. The molecule has 1 aliphatic rings. The van der Waals surface area contributed by atoms with E-state index in [1.165, 1.54) is 11.3 Å². The Hall–Kier alpha value is -3.58. The number of aromatic nitrogens is 2. The number of benzene rings is 3. The molecular formula is C24H20N4O2S. The van der Waals surface area contributed by atoms with Crippen molar-refractivity contribution in [1.82, 2.24) is 15.1 Å². The highest BCUT2D eigenvalue weighted by Crippen LogP contribution is 2.28. The summed E-state index contributed by atoms with van der Waals surface area (Å²) < 4.78 is 0. The molecule has 3 aromatic carbocycles. The SMILES string of the molecule is O=C(Nc1nnc(-c2ccccc2)s1)C1CCCN1C(=O)c1cccc2ccccc12. The predicted octanol–water partition coefficient (Wildman–Crippen LogP) is 4.60. The zero-order valence-corrected chi connectivity index (χ0v) is 17.5. The molecule has 0 spiro atoms. The number of hydrogen-bond acceptors (Lipinski definition) is 5. The molecule has 0 bridgehead atoms. The third-order valence-electron chi connectivity index (χ3n) is 5.51. The number of carbonyl (C=O) groups excluding carboxylic acids is 2. The zero-order chi connectivity index (χ0) is 21.2. The second-order valence-electron chi connectivity index (χ2n) is 7.45. The quantitative estimate of drug-likeness (QED) is 0.515. The summed E-state index contributed by atoms with van der Waals surface area (Å²) >= 11 is 1.32. The lowest BCUT2D eigenvalue weighted by Crippen LogP contribution is -2.43. The van der Waals surface area contributed by atoms with Gasteiger partial charge in [-0.1, -0.05) is 78.1 Å². The molecular weight excluding hydrogens is 408 g/mol. The molecule has 1 saturated heterocycles. The van der Waals surface area contributed by atoms with Crippen molar-refractivity contribution in [2.45, 2.75) is 18.9 Å². The fourth-order valence-electron chi connectivity index (χ4n) is 4.01. The number of likely N-dealkylation sites (tertiary alicyclic amines) is 1. The number of rotatable bonds is 4. The fourth-order valence-corrected chi connectivity index (χ4v) is 4.76. The van der Waals surface area contributed by atoms with Crippen molar-refractivity contribution in [2.24, 2.45) is 0 Å². The van der Waals surface area contributed by atoms with Gasteiger partial charge < -0.3 is 4.90 Å². The van der Waals surface area contributed by atoms with Crippen LogP contribution >= 0.6 is 11.3 Å². The van der Waals surface area contributed by atoms with Gasteiger partial charge in [-0.15, -0.1) is 10.2 Å². The molecule has 2 amide bonds. The molecule has 2 heterocycles. The normalized spacial score (nSPS) is 15.9. The second kappa shape index (κ2) is 8.28. The van der Waals surface area contributed by atoms with Crippen LogP contribution in [0.25, 0.3) is 21.3 Å². The monoisotopic (exact) mass is 428 g/mol. The summed E-state index contributed by atoms with van der Waals surface area (Å²) in [6, 6.07) is 22.7. The first-order valence-corrected chi connectivity index (χ1v) is 11.0. The van der Waals surface area contributed by atoms with Crippen molar-refractivity contribution in [3.8, 4) is 10.6 Å². The van der Waals surface area contributed by atoms with E-state index in [1.807, 2.05) is 72.8 Å². The molecule has 1 unspecified atom stereocenters. The Balaban J connectivity index is 1.35. The summed E-state index contributed by atoms with van der Waals surface area (Å²) in [4.78, 5) is 28.0. The summed E-state index contributed by atoms with van der Waals surface area (Å²) in [5.74, 6) is -0.335. The largest absolute Gasteiger partial charge is 0.327 e. The van der Waals surface area contributed by atoms with Crippen LogP contribution in [-0.2, 0) is 4.79 Å². The van der Waals surface area contributed by atoms with Crippen LogP contribution in [0.15, 0.2) is 72.8 Å². The molecule has 31 heavy (non-hydrogen) atoms. The first-order chi connectivity index (χ1) is 15.2. The number of carbonyl (C=O) groups is 2. The molecule has 4 aromatic rings. The van der Waals surface area contributed by atoms with Gasteiger partial charge in [0.1, 0.15) is 11.0 Å². The van der Waals surface area contributed by atoms with Gasteiger partial charge in [0, 0.05) is 17.7 Å². The van der Waals surface area contributed by atoms with E-state index in [0.717, 1.165) is 27.8 Å². The topological polar surface area (TPSA) is 75.2 Å². The molecule has 1 aromatic heterocycles. The van der Waals surface area contributed by atoms with Gasteiger partial charge in [-0.2, -0.15) is 0 Å². The van der Waals surface area contributed by atoms with Crippen LogP contribution in [0.4, 0.5) is 5.13 Å². The van der Waals surface area contributed by atoms with Gasteiger partial charge in [0.05, 0.1) is 0 Å². The molecule has 0 aliphatic carbocycles.